The molecule has 2 rings (SSSR count). The summed E-state index contributed by atoms with van der Waals surface area (Å²) >= 11 is 0. The number of halogens is 2. The maximum absolute atomic E-state index is 11.6. The third kappa shape index (κ3) is 6.10. The van der Waals surface area contributed by atoms with E-state index >= 15 is 0 Å². The van der Waals surface area contributed by atoms with E-state index in [9.17, 15) is 4.79 Å². The fraction of sp³-hybridized carbons (Fsp3) is 0.533. The molecule has 1 atom stereocenters. The Bertz CT molecular complexity index is 460. The molecular formula is C15H25Cl2N3O2. The molecule has 0 aliphatic carbocycles. The van der Waals surface area contributed by atoms with E-state index < -0.39 is 6.04 Å². The molecule has 1 unspecified atom stereocenters. The molecule has 0 spiro atoms. The number of rotatable bonds is 6. The second-order valence-electron chi connectivity index (χ2n) is 5.15. The number of amides is 1. The van der Waals surface area contributed by atoms with Crippen LogP contribution in [0, 0.1) is 0 Å². The zero-order valence-corrected chi connectivity index (χ0v) is 14.4. The van der Waals surface area contributed by atoms with Crippen LogP contribution in [0.25, 0.3) is 0 Å². The zero-order valence-electron chi connectivity index (χ0n) is 12.8. The van der Waals surface area contributed by atoms with Gasteiger partial charge in [0, 0.05) is 33.3 Å². The zero-order chi connectivity index (χ0) is 14.4. The van der Waals surface area contributed by atoms with Crippen molar-refractivity contribution in [2.45, 2.75) is 19.0 Å². The lowest BCUT2D eigenvalue weighted by atomic mass is 10.00. The van der Waals surface area contributed by atoms with Crippen LogP contribution in [0.1, 0.15) is 11.1 Å². The number of benzene rings is 1. The fourth-order valence-electron chi connectivity index (χ4n) is 2.47. The number of hydrogen-bond acceptors (Lipinski definition) is 4. The van der Waals surface area contributed by atoms with Crippen LogP contribution in [-0.4, -0.2) is 50.2 Å². The number of fused-ring (bicyclic) bond motifs is 1. The minimum absolute atomic E-state index is 0. The molecule has 0 radical (unpaired) electrons. The fourth-order valence-corrected chi connectivity index (χ4v) is 2.47. The minimum Gasteiger partial charge on any atom is -0.383 e. The maximum atomic E-state index is 11.6. The van der Waals surface area contributed by atoms with Crippen LogP contribution in [0.5, 0.6) is 0 Å². The number of carbonyl (C=O) groups excluding carboxylic acids is 1. The van der Waals surface area contributed by atoms with Crippen molar-refractivity contribution in [3.8, 4) is 0 Å². The topological polar surface area (TPSA) is 67.6 Å². The Labute approximate surface area is 144 Å². The third-order valence-electron chi connectivity index (χ3n) is 3.62. The summed E-state index contributed by atoms with van der Waals surface area (Å²) in [6.07, 6.45) is 1.08. The molecule has 1 aliphatic heterocycles. The van der Waals surface area contributed by atoms with E-state index in [1.165, 1.54) is 18.2 Å². The lowest BCUT2D eigenvalue weighted by molar-refractivity contribution is -0.123. The molecular weight excluding hydrogens is 325 g/mol. The number of nitrogens with zero attached hydrogens (tertiary/aromatic N) is 1. The molecule has 1 heterocycles. The Morgan fingerprint density at radius 1 is 1.36 bits per heavy atom. The molecule has 1 aromatic carbocycles. The van der Waals surface area contributed by atoms with Gasteiger partial charge in [-0.2, -0.15) is 0 Å². The van der Waals surface area contributed by atoms with Gasteiger partial charge in [-0.15, -0.1) is 24.8 Å². The highest BCUT2D eigenvalue weighted by Gasteiger charge is 2.16. The summed E-state index contributed by atoms with van der Waals surface area (Å²) < 4.78 is 4.86. The first-order chi connectivity index (χ1) is 9.70. The molecule has 126 valence electrons. The second kappa shape index (κ2) is 10.8. The number of methoxy groups -OCH3 is 1. The van der Waals surface area contributed by atoms with Crippen LogP contribution in [-0.2, 0) is 22.5 Å². The summed E-state index contributed by atoms with van der Waals surface area (Å²) in [7, 11) is 1.54. The average molecular weight is 350 g/mol. The predicted molar refractivity (Wildman–Crippen MR) is 92.8 cm³/mol. The number of ether oxygens (including phenoxy) is 1. The van der Waals surface area contributed by atoms with E-state index in [-0.39, 0.29) is 37.3 Å². The van der Waals surface area contributed by atoms with E-state index in [4.69, 9.17) is 10.5 Å². The van der Waals surface area contributed by atoms with Gasteiger partial charge in [-0.25, -0.2) is 0 Å². The second-order valence-corrected chi connectivity index (χ2v) is 5.15. The van der Waals surface area contributed by atoms with Gasteiger partial charge >= 0.3 is 0 Å². The molecule has 1 amide bonds. The van der Waals surface area contributed by atoms with E-state index in [1.807, 2.05) is 0 Å². The quantitative estimate of drug-likeness (QED) is 0.803. The Morgan fingerprint density at radius 2 is 2.05 bits per heavy atom. The smallest absolute Gasteiger partial charge is 0.239 e. The van der Waals surface area contributed by atoms with Crippen molar-refractivity contribution >= 4 is 30.7 Å². The molecule has 0 saturated heterocycles. The van der Waals surface area contributed by atoms with Gasteiger partial charge in [-0.05, 0) is 17.5 Å². The largest absolute Gasteiger partial charge is 0.383 e. The maximum Gasteiger partial charge on any atom is 0.239 e. The summed E-state index contributed by atoms with van der Waals surface area (Å²) in [5.41, 5.74) is 8.49. The molecule has 0 fully saturated rings. The summed E-state index contributed by atoms with van der Waals surface area (Å²) in [6, 6.07) is 7.95. The predicted octanol–water partition coefficient (Wildman–Crippen LogP) is 0.978. The third-order valence-corrected chi connectivity index (χ3v) is 3.62. The molecule has 3 N–H and O–H groups in total. The van der Waals surface area contributed by atoms with Crippen LogP contribution in [0.15, 0.2) is 24.3 Å². The van der Waals surface area contributed by atoms with E-state index in [2.05, 4.69) is 34.5 Å². The minimum atomic E-state index is -0.581. The van der Waals surface area contributed by atoms with Crippen molar-refractivity contribution in [1.82, 2.24) is 10.2 Å². The number of carbonyl (C=O) groups is 1. The number of hydrogen-bond donors (Lipinski definition) is 2. The highest BCUT2D eigenvalue weighted by Crippen LogP contribution is 2.17. The van der Waals surface area contributed by atoms with Crippen LogP contribution in [0.4, 0.5) is 0 Å². The summed E-state index contributed by atoms with van der Waals surface area (Å²) in [5, 5.41) is 2.85. The Hall–Kier alpha value is -0.850. The SMILES string of the molecule is COCC(N)C(=O)NCCN1CCc2ccccc2C1.Cl.Cl. The monoisotopic (exact) mass is 349 g/mol. The highest BCUT2D eigenvalue weighted by molar-refractivity contribution is 5.85. The summed E-state index contributed by atoms with van der Waals surface area (Å²) in [6.45, 7) is 3.72. The first-order valence-corrected chi connectivity index (χ1v) is 7.02. The van der Waals surface area contributed by atoms with Gasteiger partial charge in [-0.3, -0.25) is 9.69 Å². The Balaban J connectivity index is 0.00000220. The molecule has 0 aromatic heterocycles. The standard InChI is InChI=1S/C15H23N3O2.2ClH/c1-20-11-14(16)15(19)17-7-9-18-8-6-12-4-2-3-5-13(12)10-18;;/h2-5,14H,6-11,16H2,1H3,(H,17,19);2*1H. The Morgan fingerprint density at radius 3 is 2.73 bits per heavy atom. The van der Waals surface area contributed by atoms with Crippen molar-refractivity contribution in [1.29, 1.82) is 0 Å². The van der Waals surface area contributed by atoms with Gasteiger partial charge in [0.05, 0.1) is 6.61 Å². The van der Waals surface area contributed by atoms with E-state index in [0.29, 0.717) is 6.54 Å². The first-order valence-electron chi connectivity index (χ1n) is 7.02. The van der Waals surface area contributed by atoms with Gasteiger partial charge in [-0.1, -0.05) is 24.3 Å². The normalized spacial score (nSPS) is 15.0. The molecule has 7 heteroatoms. The molecule has 0 bridgehead atoms. The van der Waals surface area contributed by atoms with E-state index in [0.717, 1.165) is 26.1 Å². The molecule has 22 heavy (non-hydrogen) atoms. The first kappa shape index (κ1) is 21.1. The van der Waals surface area contributed by atoms with Gasteiger partial charge in [0.2, 0.25) is 5.91 Å². The Kier molecular flexibility index (Phi) is 10.4. The molecule has 0 saturated carbocycles. The van der Waals surface area contributed by atoms with Gasteiger partial charge in [0.1, 0.15) is 6.04 Å². The van der Waals surface area contributed by atoms with Gasteiger partial charge < -0.3 is 15.8 Å². The molecule has 1 aliphatic rings. The van der Waals surface area contributed by atoms with Gasteiger partial charge in [0.25, 0.3) is 0 Å². The van der Waals surface area contributed by atoms with Crippen LogP contribution < -0.4 is 11.1 Å². The van der Waals surface area contributed by atoms with Crippen LogP contribution >= 0.6 is 24.8 Å². The van der Waals surface area contributed by atoms with Crippen molar-refractivity contribution in [3.63, 3.8) is 0 Å². The number of nitrogens with two attached hydrogens (primary N) is 1. The molecule has 1 aromatic rings. The summed E-state index contributed by atoms with van der Waals surface area (Å²) in [5.74, 6) is -0.149. The van der Waals surface area contributed by atoms with E-state index in [1.54, 1.807) is 0 Å². The summed E-state index contributed by atoms with van der Waals surface area (Å²) in [4.78, 5) is 14.0. The number of nitrogens with one attached hydrogen (secondary N) is 1. The van der Waals surface area contributed by atoms with Crippen molar-refractivity contribution < 1.29 is 9.53 Å². The highest BCUT2D eigenvalue weighted by atomic mass is 35.5. The van der Waals surface area contributed by atoms with Crippen LogP contribution in [0.2, 0.25) is 0 Å². The lowest BCUT2D eigenvalue weighted by Gasteiger charge is -2.28. The van der Waals surface area contributed by atoms with Crippen molar-refractivity contribution in [2.75, 3.05) is 33.4 Å². The lowest BCUT2D eigenvalue weighted by Crippen LogP contribution is -2.46. The van der Waals surface area contributed by atoms with Crippen LogP contribution in [0.3, 0.4) is 0 Å². The average Bonchev–Trinajstić information content (AvgIpc) is 2.47. The van der Waals surface area contributed by atoms with Crippen molar-refractivity contribution in [2.24, 2.45) is 5.73 Å². The van der Waals surface area contributed by atoms with Gasteiger partial charge in [0.15, 0.2) is 0 Å². The molecule has 5 nitrogen and oxygen atoms in total. The van der Waals surface area contributed by atoms with Crippen molar-refractivity contribution in [3.05, 3.63) is 35.4 Å².